The summed E-state index contributed by atoms with van der Waals surface area (Å²) in [6, 6.07) is 7.74. The van der Waals surface area contributed by atoms with E-state index in [2.05, 4.69) is 29.4 Å². The lowest BCUT2D eigenvalue weighted by atomic mass is 10.1. The molecule has 1 amide bonds. The number of benzene rings is 2. The molecule has 2 N–H and O–H groups in total. The average molecular weight is 379 g/mol. The monoisotopic (exact) mass is 379 g/mol. The van der Waals surface area contributed by atoms with Gasteiger partial charge >= 0.3 is 0 Å². The number of hydrogen-bond donors (Lipinski definition) is 2. The van der Waals surface area contributed by atoms with Gasteiger partial charge in [-0.25, -0.2) is 13.2 Å². The summed E-state index contributed by atoms with van der Waals surface area (Å²) >= 11 is 0. The SMILES string of the molecule is CCN(CC)c1ccc(NC(=O)CCNc2ccc(F)c(F)c2F)c(C)c1. The van der Waals surface area contributed by atoms with E-state index in [1.54, 1.807) is 0 Å². The topological polar surface area (TPSA) is 44.4 Å². The number of carbonyl (C=O) groups excluding carboxylic acids is 1. The van der Waals surface area contributed by atoms with Gasteiger partial charge in [-0.2, -0.15) is 0 Å². The molecule has 146 valence electrons. The van der Waals surface area contributed by atoms with Gasteiger partial charge in [0.25, 0.3) is 0 Å². The lowest BCUT2D eigenvalue weighted by Gasteiger charge is -2.22. The Morgan fingerprint density at radius 1 is 1.00 bits per heavy atom. The summed E-state index contributed by atoms with van der Waals surface area (Å²) in [6.45, 7) is 7.96. The molecule has 4 nitrogen and oxygen atoms in total. The van der Waals surface area contributed by atoms with Crippen molar-refractivity contribution >= 4 is 23.0 Å². The Morgan fingerprint density at radius 2 is 1.67 bits per heavy atom. The van der Waals surface area contributed by atoms with Crippen LogP contribution >= 0.6 is 0 Å². The summed E-state index contributed by atoms with van der Waals surface area (Å²) in [5.41, 5.74) is 2.55. The highest BCUT2D eigenvalue weighted by Crippen LogP contribution is 2.23. The Balaban J connectivity index is 1.92. The van der Waals surface area contributed by atoms with Gasteiger partial charge in [0.15, 0.2) is 17.5 Å². The van der Waals surface area contributed by atoms with Gasteiger partial charge in [-0.1, -0.05) is 0 Å². The number of anilines is 3. The molecule has 0 aromatic heterocycles. The van der Waals surface area contributed by atoms with E-state index in [9.17, 15) is 18.0 Å². The van der Waals surface area contributed by atoms with Crippen LogP contribution in [0.25, 0.3) is 0 Å². The summed E-state index contributed by atoms with van der Waals surface area (Å²) in [5, 5.41) is 5.41. The largest absolute Gasteiger partial charge is 0.382 e. The molecule has 0 spiro atoms. The molecule has 0 aliphatic heterocycles. The molecule has 27 heavy (non-hydrogen) atoms. The number of carbonyl (C=O) groups is 1. The fourth-order valence-electron chi connectivity index (χ4n) is 2.76. The zero-order chi connectivity index (χ0) is 20.0. The number of nitrogens with zero attached hydrogens (tertiary/aromatic N) is 1. The highest BCUT2D eigenvalue weighted by molar-refractivity contribution is 5.92. The van der Waals surface area contributed by atoms with Gasteiger partial charge in [0, 0.05) is 37.4 Å². The van der Waals surface area contributed by atoms with Crippen LogP contribution in [0, 0.1) is 24.4 Å². The van der Waals surface area contributed by atoms with Gasteiger partial charge in [-0.05, 0) is 56.7 Å². The van der Waals surface area contributed by atoms with Crippen molar-refractivity contribution in [2.45, 2.75) is 27.2 Å². The predicted octanol–water partition coefficient (Wildman–Crippen LogP) is 4.70. The number of hydrogen-bond acceptors (Lipinski definition) is 3. The summed E-state index contributed by atoms with van der Waals surface area (Å²) in [6.07, 6.45) is 0.0513. The first kappa shape index (κ1) is 20.6. The van der Waals surface area contributed by atoms with E-state index in [0.29, 0.717) is 5.69 Å². The fourth-order valence-corrected chi connectivity index (χ4v) is 2.76. The second-order valence-corrected chi connectivity index (χ2v) is 6.12. The van der Waals surface area contributed by atoms with Gasteiger partial charge in [0.1, 0.15) is 0 Å². The van der Waals surface area contributed by atoms with Crippen LogP contribution in [-0.2, 0) is 4.79 Å². The Hall–Kier alpha value is -2.70. The molecule has 0 radical (unpaired) electrons. The third-order valence-corrected chi connectivity index (χ3v) is 4.32. The van der Waals surface area contributed by atoms with Crippen molar-refractivity contribution in [2.24, 2.45) is 0 Å². The molecule has 2 rings (SSSR count). The van der Waals surface area contributed by atoms with E-state index < -0.39 is 17.5 Å². The van der Waals surface area contributed by atoms with Crippen molar-refractivity contribution in [3.8, 4) is 0 Å². The first-order chi connectivity index (χ1) is 12.9. The first-order valence-corrected chi connectivity index (χ1v) is 8.90. The first-order valence-electron chi connectivity index (χ1n) is 8.90. The van der Waals surface area contributed by atoms with Crippen molar-refractivity contribution in [1.82, 2.24) is 0 Å². The zero-order valence-corrected chi connectivity index (χ0v) is 15.7. The van der Waals surface area contributed by atoms with Crippen molar-refractivity contribution in [2.75, 3.05) is 35.2 Å². The minimum Gasteiger partial charge on any atom is -0.382 e. The Labute approximate surface area is 157 Å². The van der Waals surface area contributed by atoms with Crippen molar-refractivity contribution < 1.29 is 18.0 Å². The number of halogens is 3. The molecule has 2 aromatic rings. The molecule has 0 saturated carbocycles. The average Bonchev–Trinajstić information content (AvgIpc) is 2.65. The van der Waals surface area contributed by atoms with Crippen molar-refractivity contribution in [1.29, 1.82) is 0 Å². The molecule has 7 heteroatoms. The van der Waals surface area contributed by atoms with E-state index in [1.807, 2.05) is 25.1 Å². The van der Waals surface area contributed by atoms with Crippen LogP contribution in [0.5, 0.6) is 0 Å². The highest BCUT2D eigenvalue weighted by Gasteiger charge is 2.13. The quantitative estimate of drug-likeness (QED) is 0.654. The predicted molar refractivity (Wildman–Crippen MR) is 103 cm³/mol. The summed E-state index contributed by atoms with van der Waals surface area (Å²) in [4.78, 5) is 14.3. The Bertz CT molecular complexity index is 807. The molecule has 0 saturated heterocycles. The van der Waals surface area contributed by atoms with Crippen LogP contribution in [0.4, 0.5) is 30.2 Å². The minimum absolute atomic E-state index is 0.0513. The lowest BCUT2D eigenvalue weighted by molar-refractivity contribution is -0.115. The van der Waals surface area contributed by atoms with Crippen molar-refractivity contribution in [3.63, 3.8) is 0 Å². The number of rotatable bonds is 8. The van der Waals surface area contributed by atoms with Crippen LogP contribution in [0.15, 0.2) is 30.3 Å². The molecule has 0 atom stereocenters. The maximum Gasteiger partial charge on any atom is 0.226 e. The normalized spacial score (nSPS) is 10.6. The molecule has 2 aromatic carbocycles. The molecule has 0 aliphatic carbocycles. The molecule has 0 unspecified atom stereocenters. The highest BCUT2D eigenvalue weighted by atomic mass is 19.2. The van der Waals surface area contributed by atoms with Gasteiger partial charge in [0.2, 0.25) is 5.91 Å². The van der Waals surface area contributed by atoms with Gasteiger partial charge in [-0.3, -0.25) is 4.79 Å². The Kier molecular flexibility index (Phi) is 7.10. The molecule has 0 fully saturated rings. The molecule has 0 aliphatic rings. The van der Waals surface area contributed by atoms with Gasteiger partial charge < -0.3 is 15.5 Å². The standard InChI is InChI=1S/C20H24F3N3O/c1-4-26(5-2)14-6-8-16(13(3)12-14)25-18(27)10-11-24-17-9-7-15(21)19(22)20(17)23/h6-9,12,24H,4-5,10-11H2,1-3H3,(H,25,27). The molecule has 0 heterocycles. The number of amides is 1. The number of nitrogens with one attached hydrogen (secondary N) is 2. The van der Waals surface area contributed by atoms with E-state index in [0.717, 1.165) is 36.5 Å². The maximum atomic E-state index is 13.6. The zero-order valence-electron chi connectivity index (χ0n) is 15.7. The van der Waals surface area contributed by atoms with Crippen LogP contribution < -0.4 is 15.5 Å². The van der Waals surface area contributed by atoms with Crippen LogP contribution in [0.3, 0.4) is 0 Å². The fraction of sp³-hybridized carbons (Fsp3) is 0.350. The third kappa shape index (κ3) is 5.15. The van der Waals surface area contributed by atoms with E-state index in [-0.39, 0.29) is 24.6 Å². The van der Waals surface area contributed by atoms with Crippen LogP contribution in [0.1, 0.15) is 25.8 Å². The maximum absolute atomic E-state index is 13.6. The lowest BCUT2D eigenvalue weighted by Crippen LogP contribution is -2.22. The summed E-state index contributed by atoms with van der Waals surface area (Å²) in [5.74, 6) is -4.34. The second-order valence-electron chi connectivity index (χ2n) is 6.12. The third-order valence-electron chi connectivity index (χ3n) is 4.32. The van der Waals surface area contributed by atoms with Crippen molar-refractivity contribution in [3.05, 3.63) is 53.3 Å². The van der Waals surface area contributed by atoms with Gasteiger partial charge in [-0.15, -0.1) is 0 Å². The summed E-state index contributed by atoms with van der Waals surface area (Å²) in [7, 11) is 0. The van der Waals surface area contributed by atoms with Crippen LogP contribution in [0.2, 0.25) is 0 Å². The number of aryl methyl sites for hydroxylation is 1. The Morgan fingerprint density at radius 3 is 2.30 bits per heavy atom. The van der Waals surface area contributed by atoms with E-state index in [1.165, 1.54) is 0 Å². The van der Waals surface area contributed by atoms with Crippen LogP contribution in [-0.4, -0.2) is 25.5 Å². The van der Waals surface area contributed by atoms with E-state index in [4.69, 9.17) is 0 Å². The molecular weight excluding hydrogens is 355 g/mol. The smallest absolute Gasteiger partial charge is 0.226 e. The summed E-state index contributed by atoms with van der Waals surface area (Å²) < 4.78 is 39.6. The van der Waals surface area contributed by atoms with Gasteiger partial charge in [0.05, 0.1) is 5.69 Å². The molecular formula is C20H24F3N3O. The second kappa shape index (κ2) is 9.30. The molecule has 0 bridgehead atoms. The van der Waals surface area contributed by atoms with E-state index >= 15 is 0 Å². The minimum atomic E-state index is -1.53.